The topological polar surface area (TPSA) is 41.1 Å². The molecule has 0 radical (unpaired) electrons. The summed E-state index contributed by atoms with van der Waals surface area (Å²) in [6, 6.07) is 2.39. The van der Waals surface area contributed by atoms with Gasteiger partial charge in [-0.25, -0.2) is 4.39 Å². The molecule has 0 bridgehead atoms. The average Bonchev–Trinajstić information content (AvgIpc) is 2.44. The molecule has 1 aromatic rings. The van der Waals surface area contributed by atoms with Crippen LogP contribution in [0.3, 0.4) is 0 Å². The second-order valence-corrected chi connectivity index (χ2v) is 6.91. The van der Waals surface area contributed by atoms with Gasteiger partial charge in [0, 0.05) is 41.1 Å². The Labute approximate surface area is 138 Å². The standard InChI is InChI=1S/C14H17Cl2FN2OS/c1-8(13-10(15)2-3-11(17)14(13)16)19-12(20)6-9-7-21-5-4-18-9/h2-3,8-9,18H,4-7H2,1H3,(H,19,20). The van der Waals surface area contributed by atoms with Gasteiger partial charge in [-0.15, -0.1) is 0 Å². The minimum absolute atomic E-state index is 0.0401. The van der Waals surface area contributed by atoms with Gasteiger partial charge in [0.05, 0.1) is 11.1 Å². The number of rotatable bonds is 4. The molecule has 1 aliphatic rings. The molecule has 1 fully saturated rings. The number of carbonyl (C=O) groups excluding carboxylic acids is 1. The van der Waals surface area contributed by atoms with Crippen LogP contribution in [-0.4, -0.2) is 30.0 Å². The fourth-order valence-corrected chi connectivity index (χ4v) is 3.93. The lowest BCUT2D eigenvalue weighted by atomic mass is 10.1. The van der Waals surface area contributed by atoms with E-state index in [1.54, 1.807) is 6.92 Å². The molecule has 0 aromatic heterocycles. The van der Waals surface area contributed by atoms with E-state index >= 15 is 0 Å². The highest BCUT2D eigenvalue weighted by molar-refractivity contribution is 7.99. The van der Waals surface area contributed by atoms with Gasteiger partial charge in [-0.3, -0.25) is 4.79 Å². The molecular formula is C14H17Cl2FN2OS. The zero-order valence-electron chi connectivity index (χ0n) is 11.6. The third-order valence-electron chi connectivity index (χ3n) is 3.32. The van der Waals surface area contributed by atoms with E-state index in [1.165, 1.54) is 12.1 Å². The highest BCUT2D eigenvalue weighted by Gasteiger charge is 2.21. The van der Waals surface area contributed by atoms with E-state index in [0.717, 1.165) is 18.1 Å². The molecule has 2 rings (SSSR count). The first kappa shape index (κ1) is 16.9. The third-order valence-corrected chi connectivity index (χ3v) is 5.16. The Hall–Kier alpha value is -0.490. The molecule has 1 aliphatic heterocycles. The summed E-state index contributed by atoms with van der Waals surface area (Å²) in [5, 5.41) is 6.44. The van der Waals surface area contributed by atoms with Crippen molar-refractivity contribution >= 4 is 40.9 Å². The zero-order valence-corrected chi connectivity index (χ0v) is 13.9. The van der Waals surface area contributed by atoms with Crippen molar-refractivity contribution in [1.82, 2.24) is 10.6 Å². The normalized spacial score (nSPS) is 20.1. The summed E-state index contributed by atoms with van der Waals surface area (Å²) in [5.41, 5.74) is 0.415. The fraction of sp³-hybridized carbons (Fsp3) is 0.500. The van der Waals surface area contributed by atoms with Crippen molar-refractivity contribution in [3.05, 3.63) is 33.6 Å². The van der Waals surface area contributed by atoms with Gasteiger partial charge in [0.15, 0.2) is 0 Å². The number of benzene rings is 1. The van der Waals surface area contributed by atoms with Crippen molar-refractivity contribution in [3.63, 3.8) is 0 Å². The van der Waals surface area contributed by atoms with Crippen molar-refractivity contribution in [1.29, 1.82) is 0 Å². The summed E-state index contributed by atoms with van der Waals surface area (Å²) >= 11 is 13.8. The van der Waals surface area contributed by atoms with Crippen LogP contribution in [0.4, 0.5) is 4.39 Å². The highest BCUT2D eigenvalue weighted by Crippen LogP contribution is 2.32. The summed E-state index contributed by atoms with van der Waals surface area (Å²) in [6.45, 7) is 2.66. The van der Waals surface area contributed by atoms with E-state index in [2.05, 4.69) is 10.6 Å². The van der Waals surface area contributed by atoms with Gasteiger partial charge in [0.2, 0.25) is 5.91 Å². The Balaban J connectivity index is 1.99. The minimum atomic E-state index is -0.539. The van der Waals surface area contributed by atoms with E-state index in [1.807, 2.05) is 11.8 Å². The number of carbonyl (C=O) groups is 1. The SMILES string of the molecule is CC(NC(=O)CC1CSCCN1)c1c(Cl)ccc(F)c1Cl. The van der Waals surface area contributed by atoms with Gasteiger partial charge in [-0.2, -0.15) is 11.8 Å². The second kappa shape index (κ2) is 7.68. The lowest BCUT2D eigenvalue weighted by Gasteiger charge is -2.24. The Kier molecular flexibility index (Phi) is 6.17. The molecule has 2 unspecified atom stereocenters. The van der Waals surface area contributed by atoms with Crippen LogP contribution in [-0.2, 0) is 4.79 Å². The van der Waals surface area contributed by atoms with Crippen LogP contribution in [0.25, 0.3) is 0 Å². The van der Waals surface area contributed by atoms with Crippen LogP contribution in [0.1, 0.15) is 24.9 Å². The molecule has 0 saturated carbocycles. The number of halogens is 3. The summed E-state index contributed by atoms with van der Waals surface area (Å²) in [4.78, 5) is 12.1. The van der Waals surface area contributed by atoms with Crippen LogP contribution in [0, 0.1) is 5.82 Å². The van der Waals surface area contributed by atoms with Gasteiger partial charge in [0.25, 0.3) is 0 Å². The quantitative estimate of drug-likeness (QED) is 0.817. The molecule has 21 heavy (non-hydrogen) atoms. The first-order chi connectivity index (χ1) is 9.99. The van der Waals surface area contributed by atoms with E-state index in [0.29, 0.717) is 17.0 Å². The van der Waals surface area contributed by atoms with E-state index < -0.39 is 11.9 Å². The maximum Gasteiger partial charge on any atom is 0.222 e. The first-order valence-corrected chi connectivity index (χ1v) is 8.64. The van der Waals surface area contributed by atoms with Crippen molar-refractivity contribution < 1.29 is 9.18 Å². The summed E-state index contributed by atoms with van der Waals surface area (Å²) in [5.74, 6) is 1.35. The molecule has 7 heteroatoms. The molecular weight excluding hydrogens is 334 g/mol. The molecule has 1 heterocycles. The predicted molar refractivity (Wildman–Crippen MR) is 86.7 cm³/mol. The first-order valence-electron chi connectivity index (χ1n) is 6.73. The Morgan fingerprint density at radius 1 is 1.57 bits per heavy atom. The Morgan fingerprint density at radius 3 is 3.00 bits per heavy atom. The number of nitrogens with one attached hydrogen (secondary N) is 2. The van der Waals surface area contributed by atoms with Crippen LogP contribution >= 0.6 is 35.0 Å². The lowest BCUT2D eigenvalue weighted by Crippen LogP contribution is -2.41. The molecule has 1 aromatic carbocycles. The molecule has 2 atom stereocenters. The number of amides is 1. The largest absolute Gasteiger partial charge is 0.349 e. The van der Waals surface area contributed by atoms with Crippen LogP contribution in [0.2, 0.25) is 10.0 Å². The van der Waals surface area contributed by atoms with Crippen molar-refractivity contribution in [2.45, 2.75) is 25.4 Å². The van der Waals surface area contributed by atoms with E-state index in [4.69, 9.17) is 23.2 Å². The van der Waals surface area contributed by atoms with Crippen molar-refractivity contribution in [3.8, 4) is 0 Å². The molecule has 1 amide bonds. The summed E-state index contributed by atoms with van der Waals surface area (Å²) < 4.78 is 13.5. The predicted octanol–water partition coefficient (Wildman–Crippen LogP) is 3.40. The summed E-state index contributed by atoms with van der Waals surface area (Å²) in [6.07, 6.45) is 0.391. The molecule has 1 saturated heterocycles. The fourth-order valence-electron chi connectivity index (χ4n) is 2.29. The van der Waals surface area contributed by atoms with Crippen LogP contribution in [0.5, 0.6) is 0 Å². The van der Waals surface area contributed by atoms with Crippen molar-refractivity contribution in [2.24, 2.45) is 0 Å². The number of hydrogen-bond donors (Lipinski definition) is 2. The lowest BCUT2D eigenvalue weighted by molar-refractivity contribution is -0.122. The molecule has 116 valence electrons. The minimum Gasteiger partial charge on any atom is -0.349 e. The maximum absolute atomic E-state index is 13.5. The third kappa shape index (κ3) is 4.49. The highest BCUT2D eigenvalue weighted by atomic mass is 35.5. The maximum atomic E-state index is 13.5. The van der Waals surface area contributed by atoms with Gasteiger partial charge in [0.1, 0.15) is 5.82 Å². The number of hydrogen-bond acceptors (Lipinski definition) is 3. The van der Waals surface area contributed by atoms with Crippen LogP contribution < -0.4 is 10.6 Å². The van der Waals surface area contributed by atoms with Gasteiger partial charge in [-0.1, -0.05) is 23.2 Å². The smallest absolute Gasteiger partial charge is 0.222 e. The Morgan fingerprint density at radius 2 is 2.33 bits per heavy atom. The van der Waals surface area contributed by atoms with Gasteiger partial charge in [-0.05, 0) is 19.1 Å². The van der Waals surface area contributed by atoms with Crippen molar-refractivity contribution in [2.75, 3.05) is 18.1 Å². The van der Waals surface area contributed by atoms with Gasteiger partial charge < -0.3 is 10.6 Å². The van der Waals surface area contributed by atoms with E-state index in [9.17, 15) is 9.18 Å². The number of thioether (sulfide) groups is 1. The molecule has 3 nitrogen and oxygen atoms in total. The molecule has 2 N–H and O–H groups in total. The second-order valence-electron chi connectivity index (χ2n) is 4.98. The zero-order chi connectivity index (χ0) is 15.4. The van der Waals surface area contributed by atoms with E-state index in [-0.39, 0.29) is 17.0 Å². The van der Waals surface area contributed by atoms with Crippen LogP contribution in [0.15, 0.2) is 12.1 Å². The Bertz CT molecular complexity index is 524. The molecule has 0 spiro atoms. The molecule has 0 aliphatic carbocycles. The monoisotopic (exact) mass is 350 g/mol. The average molecular weight is 351 g/mol. The van der Waals surface area contributed by atoms with Gasteiger partial charge >= 0.3 is 0 Å². The summed E-state index contributed by atoms with van der Waals surface area (Å²) in [7, 11) is 0.